The van der Waals surface area contributed by atoms with Crippen LogP contribution in [-0.4, -0.2) is 42.9 Å². The summed E-state index contributed by atoms with van der Waals surface area (Å²) in [5.74, 6) is 0. The summed E-state index contributed by atoms with van der Waals surface area (Å²) in [5.41, 5.74) is 4.88. The molecule has 83 valence electrons. The third-order valence-corrected chi connectivity index (χ3v) is 2.53. The molecule has 0 aromatic rings. The van der Waals surface area contributed by atoms with E-state index in [1.165, 1.54) is 0 Å². The Morgan fingerprint density at radius 2 is 2.00 bits per heavy atom. The van der Waals surface area contributed by atoms with Crippen LogP contribution in [0.2, 0.25) is 0 Å². The molecule has 0 rings (SSSR count). The van der Waals surface area contributed by atoms with Crippen molar-refractivity contribution in [2.75, 3.05) is 27.4 Å². The first-order valence-corrected chi connectivity index (χ1v) is 5.54. The molecule has 2 amide bonds. The number of unbranched alkanes of at least 4 members (excludes halogenated alkanes) is 1. The molecule has 0 aromatic heterocycles. The second-order valence-corrected chi connectivity index (χ2v) is 4.11. The molecule has 0 aliphatic heterocycles. The molecule has 0 aliphatic rings. The van der Waals surface area contributed by atoms with E-state index in [2.05, 4.69) is 5.32 Å². The molecule has 1 radical (unpaired) electrons. The fourth-order valence-corrected chi connectivity index (χ4v) is 1.51. The predicted molar refractivity (Wildman–Crippen MR) is 52.5 cm³/mol. The van der Waals surface area contributed by atoms with E-state index in [1.807, 2.05) is 0 Å². The van der Waals surface area contributed by atoms with Gasteiger partial charge in [-0.1, -0.05) is 0 Å². The Balaban J connectivity index is 3.16. The van der Waals surface area contributed by atoms with E-state index < -0.39 is 15.6 Å². The maximum Gasteiger partial charge on any atom is 0.577 e. The average Bonchev–Trinajstić information content (AvgIpc) is 2.16. The number of carbonyl (C=O) groups is 1. The molecule has 0 saturated heterocycles. The number of carbonyl (C=O) groups excluding carboxylic acids is 1. The fourth-order valence-electron chi connectivity index (χ4n) is 0.795. The first-order chi connectivity index (χ1) is 6.70. The number of hydrogen-bond donors (Lipinski definition) is 2. The summed E-state index contributed by atoms with van der Waals surface area (Å²) in [7, 11) is 1.56. The number of urea groups is 1. The molecular formula is C7H17N2O4Si. The first-order valence-electron chi connectivity index (χ1n) is 4.31. The number of hydrogen-bond acceptors (Lipinski definition) is 4. The summed E-state index contributed by atoms with van der Waals surface area (Å²) >= 11 is 0. The molecule has 0 fully saturated rings. The van der Waals surface area contributed by atoms with Gasteiger partial charge < -0.3 is 24.3 Å². The molecule has 14 heavy (non-hydrogen) atoms. The maximum absolute atomic E-state index is 10.3. The van der Waals surface area contributed by atoms with Gasteiger partial charge in [0.2, 0.25) is 0 Å². The smallest absolute Gasteiger partial charge is 0.375 e. The Morgan fingerprint density at radius 1 is 1.36 bits per heavy atom. The van der Waals surface area contributed by atoms with Gasteiger partial charge in [-0.3, -0.25) is 0 Å². The van der Waals surface area contributed by atoms with Crippen molar-refractivity contribution in [3.8, 4) is 0 Å². The summed E-state index contributed by atoms with van der Waals surface area (Å²) in [4.78, 5) is 10.3. The van der Waals surface area contributed by atoms with E-state index in [-0.39, 0.29) is 0 Å². The lowest BCUT2D eigenvalue weighted by atomic mass is 10.3. The molecule has 3 N–H and O–H groups in total. The average molecular weight is 221 g/mol. The second kappa shape index (κ2) is 8.94. The van der Waals surface area contributed by atoms with Gasteiger partial charge in [-0.05, 0) is 12.8 Å². The zero-order chi connectivity index (χ0) is 10.8. The van der Waals surface area contributed by atoms with E-state index >= 15 is 0 Å². The highest BCUT2D eigenvalue weighted by Gasteiger charge is 2.13. The highest BCUT2D eigenvalue weighted by atomic mass is 28.3. The zero-order valence-electron chi connectivity index (χ0n) is 8.54. The van der Waals surface area contributed by atoms with Crippen LogP contribution in [0.15, 0.2) is 0 Å². The summed E-state index contributed by atoms with van der Waals surface area (Å²) in [6, 6.07) is -0.496. The van der Waals surface area contributed by atoms with Crippen LogP contribution in [-0.2, 0) is 13.3 Å². The van der Waals surface area contributed by atoms with Gasteiger partial charge in [-0.25, -0.2) is 4.79 Å². The molecule has 0 spiro atoms. The van der Waals surface area contributed by atoms with Crippen molar-refractivity contribution < 1.29 is 18.1 Å². The third-order valence-electron chi connectivity index (χ3n) is 1.42. The van der Waals surface area contributed by atoms with Crippen LogP contribution in [0, 0.1) is 0 Å². The molecule has 0 saturated carbocycles. The lowest BCUT2D eigenvalue weighted by Gasteiger charge is -2.09. The normalized spacial score (nSPS) is 10.5. The SMILES string of the molecule is CO[Si](OC)OCCCCNC(N)=O. The van der Waals surface area contributed by atoms with Crippen LogP contribution < -0.4 is 11.1 Å². The first kappa shape index (κ1) is 13.4. The van der Waals surface area contributed by atoms with Crippen molar-refractivity contribution in [3.05, 3.63) is 0 Å². The Labute approximate surface area is 85.7 Å². The molecule has 7 heteroatoms. The van der Waals surface area contributed by atoms with Gasteiger partial charge in [-0.15, -0.1) is 0 Å². The highest BCUT2D eigenvalue weighted by Crippen LogP contribution is 1.93. The van der Waals surface area contributed by atoms with Crippen molar-refractivity contribution in [1.29, 1.82) is 0 Å². The summed E-state index contributed by atoms with van der Waals surface area (Å²) in [6.45, 7) is 1.14. The summed E-state index contributed by atoms with van der Waals surface area (Å²) in [5, 5.41) is 2.49. The summed E-state index contributed by atoms with van der Waals surface area (Å²) < 4.78 is 15.1. The topological polar surface area (TPSA) is 82.8 Å². The van der Waals surface area contributed by atoms with Crippen molar-refractivity contribution >= 4 is 15.6 Å². The molecule has 0 heterocycles. The van der Waals surface area contributed by atoms with Crippen LogP contribution in [0.3, 0.4) is 0 Å². The van der Waals surface area contributed by atoms with Crippen LogP contribution in [0.1, 0.15) is 12.8 Å². The Bertz CT molecular complexity index is 155. The zero-order valence-corrected chi connectivity index (χ0v) is 9.54. The van der Waals surface area contributed by atoms with Gasteiger partial charge in [0, 0.05) is 27.4 Å². The van der Waals surface area contributed by atoms with E-state index in [0.717, 1.165) is 12.8 Å². The molecule has 0 unspecified atom stereocenters. The Kier molecular flexibility index (Phi) is 8.54. The van der Waals surface area contributed by atoms with Crippen molar-refractivity contribution in [1.82, 2.24) is 5.32 Å². The van der Waals surface area contributed by atoms with E-state index in [0.29, 0.717) is 13.2 Å². The van der Waals surface area contributed by atoms with Crippen molar-refractivity contribution in [3.63, 3.8) is 0 Å². The van der Waals surface area contributed by atoms with Gasteiger partial charge in [0.1, 0.15) is 0 Å². The van der Waals surface area contributed by atoms with Crippen LogP contribution in [0.4, 0.5) is 4.79 Å². The highest BCUT2D eigenvalue weighted by molar-refractivity contribution is 6.36. The third kappa shape index (κ3) is 7.99. The molecule has 0 aliphatic carbocycles. The van der Waals surface area contributed by atoms with Gasteiger partial charge in [0.15, 0.2) is 0 Å². The quantitative estimate of drug-likeness (QED) is 0.436. The maximum atomic E-state index is 10.3. The second-order valence-electron chi connectivity index (χ2n) is 2.50. The van der Waals surface area contributed by atoms with Crippen LogP contribution in [0.5, 0.6) is 0 Å². The van der Waals surface area contributed by atoms with Crippen LogP contribution in [0.25, 0.3) is 0 Å². The number of amides is 2. The molecule has 0 atom stereocenters. The fraction of sp³-hybridized carbons (Fsp3) is 0.857. The van der Waals surface area contributed by atoms with E-state index in [9.17, 15) is 4.79 Å². The van der Waals surface area contributed by atoms with Gasteiger partial charge in [0.25, 0.3) is 0 Å². The molecule has 0 aromatic carbocycles. The largest absolute Gasteiger partial charge is 0.577 e. The van der Waals surface area contributed by atoms with Gasteiger partial charge in [0.05, 0.1) is 0 Å². The number of primary amides is 1. The monoisotopic (exact) mass is 221 g/mol. The molecule has 6 nitrogen and oxygen atoms in total. The molecular weight excluding hydrogens is 204 g/mol. The van der Waals surface area contributed by atoms with Gasteiger partial charge >= 0.3 is 15.6 Å². The summed E-state index contributed by atoms with van der Waals surface area (Å²) in [6.07, 6.45) is 1.66. The lowest BCUT2D eigenvalue weighted by molar-refractivity contribution is 0.133. The van der Waals surface area contributed by atoms with E-state index in [1.54, 1.807) is 14.2 Å². The van der Waals surface area contributed by atoms with E-state index in [4.69, 9.17) is 19.0 Å². The number of nitrogens with one attached hydrogen (secondary N) is 1. The standard InChI is InChI=1S/C7H17N2O4Si/c1-11-14(12-2)13-6-4-3-5-9-7(8)10/h3-6H2,1-2H3,(H3,8,9,10). The van der Waals surface area contributed by atoms with Gasteiger partial charge in [-0.2, -0.15) is 0 Å². The minimum atomic E-state index is -1.54. The predicted octanol–water partition coefficient (Wildman–Crippen LogP) is -0.271. The lowest BCUT2D eigenvalue weighted by Crippen LogP contribution is -2.30. The Hall–Kier alpha value is -0.633. The minimum Gasteiger partial charge on any atom is -0.375 e. The van der Waals surface area contributed by atoms with Crippen LogP contribution >= 0.6 is 0 Å². The van der Waals surface area contributed by atoms with Crippen molar-refractivity contribution in [2.45, 2.75) is 12.8 Å². The van der Waals surface area contributed by atoms with Crippen molar-refractivity contribution in [2.24, 2.45) is 5.73 Å². The number of rotatable bonds is 8. The molecule has 0 bridgehead atoms. The Morgan fingerprint density at radius 3 is 2.50 bits per heavy atom. The minimum absolute atomic E-state index is 0.496. The number of nitrogens with two attached hydrogens (primary N) is 1.